The quantitative estimate of drug-likeness (QED) is 0.655. The summed E-state index contributed by atoms with van der Waals surface area (Å²) in [5.41, 5.74) is 8.10. The Morgan fingerprint density at radius 1 is 1.12 bits per heavy atom. The molecule has 1 aliphatic carbocycles. The maximum Gasteiger partial charge on any atom is 0.246 e. The summed E-state index contributed by atoms with van der Waals surface area (Å²) in [5, 5.41) is 8.86. The second kappa shape index (κ2) is 7.18. The fraction of sp³-hybridized carbons (Fsp3) is 0.381. The third-order valence-corrected chi connectivity index (χ3v) is 4.85. The molecule has 0 aliphatic heterocycles. The Bertz CT molecular complexity index is 719. The molecule has 2 N–H and O–H groups in total. The molecule has 2 aromatic carbocycles. The standard InChI is InChI=1S/C21H25NO2/c1-14(2)11-15-3-5-16(6-4-15)18-9-7-17-8-10-19(21(23)22-24)13-20(17)12-18/h3-7,9,12,14,19,24H,8,10-11,13H2,1-2H3,(H,22,23). The first-order chi connectivity index (χ1) is 11.6. The number of aryl methyl sites for hydroxylation is 1. The molecule has 3 heteroatoms. The number of carbonyl (C=O) groups is 1. The molecule has 0 saturated heterocycles. The van der Waals surface area contributed by atoms with Crippen molar-refractivity contribution in [2.45, 2.75) is 39.5 Å². The van der Waals surface area contributed by atoms with Crippen LogP contribution in [0.5, 0.6) is 0 Å². The van der Waals surface area contributed by atoms with Gasteiger partial charge in [0.25, 0.3) is 0 Å². The van der Waals surface area contributed by atoms with Gasteiger partial charge in [0, 0.05) is 5.92 Å². The molecule has 1 aliphatic rings. The summed E-state index contributed by atoms with van der Waals surface area (Å²) in [7, 11) is 0. The number of hydroxylamine groups is 1. The topological polar surface area (TPSA) is 49.3 Å². The van der Waals surface area contributed by atoms with Gasteiger partial charge in [0.05, 0.1) is 0 Å². The average Bonchev–Trinajstić information content (AvgIpc) is 2.60. The van der Waals surface area contributed by atoms with E-state index in [1.54, 1.807) is 5.48 Å². The van der Waals surface area contributed by atoms with Crippen LogP contribution in [0.1, 0.15) is 37.0 Å². The lowest BCUT2D eigenvalue weighted by atomic mass is 9.82. The van der Waals surface area contributed by atoms with Crippen molar-refractivity contribution in [2.75, 3.05) is 0 Å². The first kappa shape index (κ1) is 16.7. The molecule has 126 valence electrons. The number of fused-ring (bicyclic) bond motifs is 1. The van der Waals surface area contributed by atoms with Gasteiger partial charge < -0.3 is 0 Å². The Hall–Kier alpha value is -2.13. The van der Waals surface area contributed by atoms with Gasteiger partial charge in [-0.3, -0.25) is 10.0 Å². The van der Waals surface area contributed by atoms with Crippen molar-refractivity contribution in [3.05, 3.63) is 59.2 Å². The summed E-state index contributed by atoms with van der Waals surface area (Å²) in [5.74, 6) is 0.254. The summed E-state index contributed by atoms with van der Waals surface area (Å²) in [6, 6.07) is 15.3. The smallest absolute Gasteiger partial charge is 0.246 e. The summed E-state index contributed by atoms with van der Waals surface area (Å²) >= 11 is 0. The minimum Gasteiger partial charge on any atom is -0.289 e. The Labute approximate surface area is 143 Å². The van der Waals surface area contributed by atoms with E-state index in [0.29, 0.717) is 12.3 Å². The van der Waals surface area contributed by atoms with Crippen molar-refractivity contribution in [1.29, 1.82) is 0 Å². The van der Waals surface area contributed by atoms with Crippen LogP contribution in [0, 0.1) is 11.8 Å². The second-order valence-corrected chi connectivity index (χ2v) is 7.19. The van der Waals surface area contributed by atoms with Crippen molar-refractivity contribution < 1.29 is 10.0 Å². The van der Waals surface area contributed by atoms with E-state index < -0.39 is 0 Å². The number of amides is 1. The van der Waals surface area contributed by atoms with E-state index in [4.69, 9.17) is 5.21 Å². The van der Waals surface area contributed by atoms with Crippen molar-refractivity contribution in [3.8, 4) is 11.1 Å². The summed E-state index contributed by atoms with van der Waals surface area (Å²) in [4.78, 5) is 11.7. The Kier molecular flexibility index (Phi) is 5.00. The molecule has 0 bridgehead atoms. The lowest BCUT2D eigenvalue weighted by molar-refractivity contribution is -0.133. The Morgan fingerprint density at radius 3 is 2.50 bits per heavy atom. The molecule has 0 radical (unpaired) electrons. The molecular formula is C21H25NO2. The summed E-state index contributed by atoms with van der Waals surface area (Å²) < 4.78 is 0. The number of hydrogen-bond donors (Lipinski definition) is 2. The van der Waals surface area contributed by atoms with E-state index in [2.05, 4.69) is 56.3 Å². The maximum absolute atomic E-state index is 11.7. The van der Waals surface area contributed by atoms with Crippen LogP contribution in [-0.4, -0.2) is 11.1 Å². The molecule has 3 rings (SSSR count). The Balaban J connectivity index is 1.82. The fourth-order valence-electron chi connectivity index (χ4n) is 3.56. The van der Waals surface area contributed by atoms with Gasteiger partial charge in [0.2, 0.25) is 5.91 Å². The van der Waals surface area contributed by atoms with Crippen LogP contribution < -0.4 is 5.48 Å². The molecular weight excluding hydrogens is 298 g/mol. The number of rotatable bonds is 4. The molecule has 0 fully saturated rings. The molecule has 0 aromatic heterocycles. The van der Waals surface area contributed by atoms with Crippen molar-refractivity contribution in [2.24, 2.45) is 11.8 Å². The average molecular weight is 323 g/mol. The summed E-state index contributed by atoms with van der Waals surface area (Å²) in [6.45, 7) is 4.46. The zero-order chi connectivity index (χ0) is 17.1. The highest BCUT2D eigenvalue weighted by molar-refractivity contribution is 5.78. The van der Waals surface area contributed by atoms with Crippen LogP contribution in [-0.2, 0) is 24.1 Å². The normalized spacial score (nSPS) is 16.8. The lowest BCUT2D eigenvalue weighted by Crippen LogP contribution is -2.31. The first-order valence-electron chi connectivity index (χ1n) is 8.72. The van der Waals surface area contributed by atoms with Gasteiger partial charge in [-0.1, -0.05) is 56.3 Å². The van der Waals surface area contributed by atoms with E-state index in [1.807, 2.05) is 0 Å². The molecule has 0 heterocycles. The maximum atomic E-state index is 11.7. The molecule has 2 aromatic rings. The highest BCUT2D eigenvalue weighted by atomic mass is 16.5. The molecule has 1 unspecified atom stereocenters. The minimum absolute atomic E-state index is 0.133. The molecule has 0 spiro atoms. The van der Waals surface area contributed by atoms with Gasteiger partial charge in [0.15, 0.2) is 0 Å². The van der Waals surface area contributed by atoms with Gasteiger partial charge in [-0.25, -0.2) is 5.48 Å². The zero-order valence-corrected chi connectivity index (χ0v) is 14.4. The SMILES string of the molecule is CC(C)Cc1ccc(-c2ccc3c(c2)CC(C(=O)NO)CC3)cc1. The van der Waals surface area contributed by atoms with Gasteiger partial charge in [-0.05, 0) is 59.4 Å². The van der Waals surface area contributed by atoms with Crippen molar-refractivity contribution in [1.82, 2.24) is 5.48 Å². The number of nitrogens with one attached hydrogen (secondary N) is 1. The lowest BCUT2D eigenvalue weighted by Gasteiger charge is -2.23. The number of hydrogen-bond acceptors (Lipinski definition) is 2. The van der Waals surface area contributed by atoms with Crippen molar-refractivity contribution >= 4 is 5.91 Å². The monoisotopic (exact) mass is 323 g/mol. The molecule has 3 nitrogen and oxygen atoms in total. The van der Waals surface area contributed by atoms with Gasteiger partial charge in [-0.2, -0.15) is 0 Å². The van der Waals surface area contributed by atoms with Crippen LogP contribution >= 0.6 is 0 Å². The Morgan fingerprint density at radius 2 is 1.83 bits per heavy atom. The van der Waals surface area contributed by atoms with E-state index >= 15 is 0 Å². The third-order valence-electron chi connectivity index (χ3n) is 4.85. The van der Waals surface area contributed by atoms with Crippen LogP contribution in [0.2, 0.25) is 0 Å². The van der Waals surface area contributed by atoms with E-state index in [-0.39, 0.29) is 11.8 Å². The van der Waals surface area contributed by atoms with Crippen molar-refractivity contribution in [3.63, 3.8) is 0 Å². The van der Waals surface area contributed by atoms with E-state index in [0.717, 1.165) is 19.3 Å². The first-order valence-corrected chi connectivity index (χ1v) is 8.72. The van der Waals surface area contributed by atoms with Crippen LogP contribution in [0.25, 0.3) is 11.1 Å². The molecule has 0 saturated carbocycles. The van der Waals surface area contributed by atoms with E-state index in [1.165, 1.54) is 27.8 Å². The predicted molar refractivity (Wildman–Crippen MR) is 95.9 cm³/mol. The van der Waals surface area contributed by atoms with E-state index in [9.17, 15) is 4.79 Å². The van der Waals surface area contributed by atoms with Gasteiger partial charge in [-0.15, -0.1) is 0 Å². The predicted octanol–water partition coefficient (Wildman–Crippen LogP) is 4.16. The molecule has 1 amide bonds. The number of carbonyl (C=O) groups excluding carboxylic acids is 1. The van der Waals surface area contributed by atoms with Crippen LogP contribution in [0.15, 0.2) is 42.5 Å². The third kappa shape index (κ3) is 3.68. The van der Waals surface area contributed by atoms with Gasteiger partial charge in [0.1, 0.15) is 0 Å². The molecule has 1 atom stereocenters. The van der Waals surface area contributed by atoms with Crippen LogP contribution in [0.4, 0.5) is 0 Å². The number of benzene rings is 2. The highest BCUT2D eigenvalue weighted by Gasteiger charge is 2.24. The summed E-state index contributed by atoms with van der Waals surface area (Å²) in [6.07, 6.45) is 3.48. The largest absolute Gasteiger partial charge is 0.289 e. The second-order valence-electron chi connectivity index (χ2n) is 7.19. The van der Waals surface area contributed by atoms with Gasteiger partial charge >= 0.3 is 0 Å². The highest BCUT2D eigenvalue weighted by Crippen LogP contribution is 2.30. The zero-order valence-electron chi connectivity index (χ0n) is 14.4. The minimum atomic E-state index is -0.274. The van der Waals surface area contributed by atoms with Crippen LogP contribution in [0.3, 0.4) is 0 Å². The molecule has 24 heavy (non-hydrogen) atoms. The fourth-order valence-corrected chi connectivity index (χ4v) is 3.56.